The van der Waals surface area contributed by atoms with E-state index in [-0.39, 0.29) is 35.7 Å². The van der Waals surface area contributed by atoms with Crippen molar-refractivity contribution in [3.63, 3.8) is 0 Å². The van der Waals surface area contributed by atoms with E-state index in [4.69, 9.17) is 5.11 Å². The summed E-state index contributed by atoms with van der Waals surface area (Å²) in [4.78, 5) is 11.7. The smallest absolute Gasteiger partial charge is 0.267 e. The van der Waals surface area contributed by atoms with Crippen molar-refractivity contribution in [3.8, 4) is 0 Å². The Labute approximate surface area is 125 Å². The van der Waals surface area contributed by atoms with Gasteiger partial charge in [0.1, 0.15) is 10.6 Å². The molecule has 1 amide bonds. The van der Waals surface area contributed by atoms with Gasteiger partial charge in [-0.1, -0.05) is 6.92 Å². The molecule has 2 N–H and O–H groups in total. The fraction of sp³-hybridized carbons (Fsp3) is 0.615. The van der Waals surface area contributed by atoms with Crippen LogP contribution in [-0.2, 0) is 17.1 Å². The summed E-state index contributed by atoms with van der Waals surface area (Å²) in [6.07, 6.45) is 2.04. The molecule has 1 aromatic rings. The Hall–Kier alpha value is -1.38. The molecule has 0 aliphatic rings. The topological polar surface area (TPSA) is 91.6 Å². The molecule has 0 aliphatic carbocycles. The van der Waals surface area contributed by atoms with E-state index in [0.29, 0.717) is 6.42 Å². The number of carbonyl (C=O) groups is 1. The van der Waals surface area contributed by atoms with E-state index in [1.165, 1.54) is 28.2 Å². The van der Waals surface area contributed by atoms with Crippen LogP contribution in [-0.4, -0.2) is 54.5 Å². The molecule has 1 atom stereocenters. The van der Waals surface area contributed by atoms with Crippen LogP contribution in [0.1, 0.15) is 30.8 Å². The predicted molar refractivity (Wildman–Crippen MR) is 79.5 cm³/mol. The monoisotopic (exact) mass is 317 g/mol. The predicted octanol–water partition coefficient (Wildman–Crippen LogP) is 0.166. The van der Waals surface area contributed by atoms with E-state index in [9.17, 15) is 13.2 Å². The first-order valence-corrected chi connectivity index (χ1v) is 8.24. The average molecular weight is 317 g/mol. The van der Waals surface area contributed by atoms with E-state index in [2.05, 4.69) is 5.32 Å². The number of aliphatic hydroxyl groups excluding tert-OH is 1. The standard InChI is InChI=1S/C13H23N3O4S/c1-5-10(2)16(6-7-17)21(19,20)11-8-12(13(18)14-3)15(4)9-11/h8-10,17H,5-7H2,1-4H3,(H,14,18)/t10-/m1/s1. The number of nitrogens with zero attached hydrogens (tertiary/aromatic N) is 2. The summed E-state index contributed by atoms with van der Waals surface area (Å²) in [5.41, 5.74) is 0.268. The molecule has 0 radical (unpaired) electrons. The van der Waals surface area contributed by atoms with Crippen LogP contribution in [0.25, 0.3) is 0 Å². The van der Waals surface area contributed by atoms with Crippen LogP contribution in [0, 0.1) is 0 Å². The first-order valence-electron chi connectivity index (χ1n) is 6.80. The van der Waals surface area contributed by atoms with Crippen molar-refractivity contribution in [3.05, 3.63) is 18.0 Å². The number of aryl methyl sites for hydroxylation is 1. The Bertz CT molecular complexity index is 595. The largest absolute Gasteiger partial charge is 0.395 e. The van der Waals surface area contributed by atoms with E-state index in [0.717, 1.165) is 0 Å². The maximum absolute atomic E-state index is 12.7. The maximum atomic E-state index is 12.7. The zero-order chi connectivity index (χ0) is 16.2. The molecule has 0 bridgehead atoms. The lowest BCUT2D eigenvalue weighted by molar-refractivity contribution is 0.0955. The minimum absolute atomic E-state index is 0.0293. The second kappa shape index (κ2) is 7.06. The quantitative estimate of drug-likeness (QED) is 0.750. The van der Waals surface area contributed by atoms with E-state index in [1.54, 1.807) is 14.0 Å². The first kappa shape index (κ1) is 17.7. The van der Waals surface area contributed by atoms with E-state index in [1.807, 2.05) is 6.92 Å². The summed E-state index contributed by atoms with van der Waals surface area (Å²) >= 11 is 0. The molecule has 1 aromatic heterocycles. The van der Waals surface area contributed by atoms with Gasteiger partial charge in [-0.25, -0.2) is 8.42 Å². The highest BCUT2D eigenvalue weighted by Gasteiger charge is 2.29. The molecule has 7 nitrogen and oxygen atoms in total. The zero-order valence-corrected chi connectivity index (χ0v) is 13.6. The number of carbonyl (C=O) groups excluding carboxylic acids is 1. The summed E-state index contributed by atoms with van der Waals surface area (Å²) in [5.74, 6) is -0.351. The highest BCUT2D eigenvalue weighted by Crippen LogP contribution is 2.21. The van der Waals surface area contributed by atoms with Crippen LogP contribution in [0.3, 0.4) is 0 Å². The van der Waals surface area contributed by atoms with Crippen molar-refractivity contribution in [1.82, 2.24) is 14.2 Å². The molecule has 0 saturated carbocycles. The lowest BCUT2D eigenvalue weighted by Crippen LogP contribution is -2.40. The summed E-state index contributed by atoms with van der Waals surface area (Å²) in [6, 6.07) is 1.12. The molecular weight excluding hydrogens is 294 g/mol. The van der Waals surface area contributed by atoms with Gasteiger partial charge in [-0.3, -0.25) is 4.79 Å². The van der Waals surface area contributed by atoms with Crippen molar-refractivity contribution < 1.29 is 18.3 Å². The van der Waals surface area contributed by atoms with Gasteiger partial charge >= 0.3 is 0 Å². The molecule has 0 unspecified atom stereocenters. The van der Waals surface area contributed by atoms with Crippen LogP contribution in [0.15, 0.2) is 17.2 Å². The second-order valence-electron chi connectivity index (χ2n) is 4.85. The minimum atomic E-state index is -3.75. The maximum Gasteiger partial charge on any atom is 0.267 e. The first-order chi connectivity index (χ1) is 9.79. The van der Waals surface area contributed by atoms with Gasteiger partial charge in [-0.2, -0.15) is 4.31 Å². The fourth-order valence-electron chi connectivity index (χ4n) is 2.04. The van der Waals surface area contributed by atoms with Gasteiger partial charge in [0, 0.05) is 32.9 Å². The Balaban J connectivity index is 3.25. The Morgan fingerprint density at radius 3 is 2.62 bits per heavy atom. The van der Waals surface area contributed by atoms with Gasteiger partial charge in [0.05, 0.1) is 6.61 Å². The van der Waals surface area contributed by atoms with Crippen LogP contribution >= 0.6 is 0 Å². The Morgan fingerprint density at radius 2 is 2.14 bits per heavy atom. The lowest BCUT2D eigenvalue weighted by Gasteiger charge is -2.26. The van der Waals surface area contributed by atoms with Gasteiger partial charge < -0.3 is 15.0 Å². The van der Waals surface area contributed by atoms with Gasteiger partial charge in [0.25, 0.3) is 5.91 Å². The molecule has 21 heavy (non-hydrogen) atoms. The third kappa shape index (κ3) is 3.63. The SMILES string of the molecule is CC[C@@H](C)N(CCO)S(=O)(=O)c1cc(C(=O)NC)n(C)c1. The molecule has 1 heterocycles. The Morgan fingerprint density at radius 1 is 1.52 bits per heavy atom. The van der Waals surface area contributed by atoms with Crippen molar-refractivity contribution in [2.75, 3.05) is 20.2 Å². The molecule has 0 saturated heterocycles. The summed E-state index contributed by atoms with van der Waals surface area (Å²) in [5, 5.41) is 11.6. The van der Waals surface area contributed by atoms with Gasteiger partial charge in [-0.15, -0.1) is 0 Å². The number of amides is 1. The number of sulfonamides is 1. The molecule has 8 heteroatoms. The van der Waals surface area contributed by atoms with E-state index < -0.39 is 10.0 Å². The van der Waals surface area contributed by atoms with Crippen molar-refractivity contribution in [2.24, 2.45) is 7.05 Å². The van der Waals surface area contributed by atoms with Gasteiger partial charge in [0.2, 0.25) is 10.0 Å². The fourth-order valence-corrected chi connectivity index (χ4v) is 3.81. The van der Waals surface area contributed by atoms with Crippen molar-refractivity contribution in [1.29, 1.82) is 0 Å². The van der Waals surface area contributed by atoms with E-state index >= 15 is 0 Å². The molecular formula is C13H23N3O4S. The minimum Gasteiger partial charge on any atom is -0.395 e. The summed E-state index contributed by atoms with van der Waals surface area (Å²) < 4.78 is 28.1. The van der Waals surface area contributed by atoms with Crippen molar-refractivity contribution in [2.45, 2.75) is 31.2 Å². The number of aromatic nitrogens is 1. The average Bonchev–Trinajstić information content (AvgIpc) is 2.85. The summed E-state index contributed by atoms with van der Waals surface area (Å²) in [6.45, 7) is 3.45. The highest BCUT2D eigenvalue weighted by atomic mass is 32.2. The Kier molecular flexibility index (Phi) is 5.94. The number of aliphatic hydroxyl groups is 1. The van der Waals surface area contributed by atoms with Crippen LogP contribution in [0.2, 0.25) is 0 Å². The molecule has 0 fully saturated rings. The van der Waals surface area contributed by atoms with Gasteiger partial charge in [0.15, 0.2) is 0 Å². The van der Waals surface area contributed by atoms with Crippen LogP contribution in [0.5, 0.6) is 0 Å². The van der Waals surface area contributed by atoms with Crippen LogP contribution in [0.4, 0.5) is 0 Å². The third-order valence-electron chi connectivity index (χ3n) is 3.45. The summed E-state index contributed by atoms with van der Waals surface area (Å²) in [7, 11) is -0.644. The third-order valence-corrected chi connectivity index (χ3v) is 5.43. The molecule has 0 spiro atoms. The molecule has 0 aromatic carbocycles. The van der Waals surface area contributed by atoms with Crippen LogP contribution < -0.4 is 5.32 Å². The van der Waals surface area contributed by atoms with Gasteiger partial charge in [-0.05, 0) is 19.4 Å². The zero-order valence-electron chi connectivity index (χ0n) is 12.8. The lowest BCUT2D eigenvalue weighted by atomic mass is 10.3. The highest BCUT2D eigenvalue weighted by molar-refractivity contribution is 7.89. The number of nitrogens with one attached hydrogen (secondary N) is 1. The van der Waals surface area contributed by atoms with Crippen molar-refractivity contribution >= 4 is 15.9 Å². The molecule has 0 aliphatic heterocycles. The number of hydrogen-bond donors (Lipinski definition) is 2. The normalized spacial score (nSPS) is 13.4. The molecule has 1 rings (SSSR count). The number of hydrogen-bond acceptors (Lipinski definition) is 4. The molecule has 120 valence electrons. The number of rotatable bonds is 7. The second-order valence-corrected chi connectivity index (χ2v) is 6.74.